The van der Waals surface area contributed by atoms with Gasteiger partial charge in [-0.25, -0.2) is 18.1 Å². The second-order valence-electron chi connectivity index (χ2n) is 6.91. The Morgan fingerprint density at radius 1 is 1.21 bits per heavy atom. The van der Waals surface area contributed by atoms with Gasteiger partial charge in [-0.2, -0.15) is 0 Å². The van der Waals surface area contributed by atoms with Gasteiger partial charge in [-0.05, 0) is 57.1 Å². The van der Waals surface area contributed by atoms with E-state index < -0.39 is 10.0 Å². The SMILES string of the molecule is COc1ccc(-c2cc(S(=O)(=O)NCCC3CCCN3C)ccc2OC)cn1. The van der Waals surface area contributed by atoms with Crippen molar-refractivity contribution >= 4 is 10.0 Å². The average molecular weight is 406 g/mol. The molecular weight excluding hydrogens is 378 g/mol. The molecule has 1 saturated heterocycles. The topological polar surface area (TPSA) is 80.8 Å². The van der Waals surface area contributed by atoms with Crippen LogP contribution < -0.4 is 14.2 Å². The molecule has 3 rings (SSSR count). The van der Waals surface area contributed by atoms with Crippen LogP contribution in [0.5, 0.6) is 11.6 Å². The third-order valence-corrected chi connectivity index (χ3v) is 6.64. The molecule has 7 nitrogen and oxygen atoms in total. The van der Waals surface area contributed by atoms with Crippen molar-refractivity contribution in [2.75, 3.05) is 34.4 Å². The number of pyridine rings is 1. The summed E-state index contributed by atoms with van der Waals surface area (Å²) in [6.45, 7) is 1.50. The molecule has 1 unspecified atom stereocenters. The minimum absolute atomic E-state index is 0.207. The first-order valence-electron chi connectivity index (χ1n) is 9.33. The number of rotatable bonds is 8. The lowest BCUT2D eigenvalue weighted by Crippen LogP contribution is -2.31. The lowest BCUT2D eigenvalue weighted by atomic mass is 10.1. The highest BCUT2D eigenvalue weighted by Gasteiger charge is 2.22. The minimum atomic E-state index is -3.61. The standard InChI is InChI=1S/C20H27N3O4S/c1-23-12-4-5-16(23)10-11-22-28(24,25)17-7-8-19(26-2)18(13-17)15-6-9-20(27-3)21-14-15/h6-9,13-14,16,22H,4-5,10-12H2,1-3H3. The predicted octanol–water partition coefficient (Wildman–Crippen LogP) is 2.53. The van der Waals surface area contributed by atoms with Crippen molar-refractivity contribution in [3.05, 3.63) is 36.5 Å². The zero-order valence-electron chi connectivity index (χ0n) is 16.5. The number of ether oxygens (including phenoxy) is 2. The van der Waals surface area contributed by atoms with Crippen LogP contribution >= 0.6 is 0 Å². The fourth-order valence-electron chi connectivity index (χ4n) is 3.53. The van der Waals surface area contributed by atoms with Crippen LogP contribution in [0.25, 0.3) is 11.1 Å². The van der Waals surface area contributed by atoms with Crippen LogP contribution in [-0.2, 0) is 10.0 Å². The van der Waals surface area contributed by atoms with Crippen LogP contribution in [-0.4, -0.2) is 58.7 Å². The van der Waals surface area contributed by atoms with Crippen molar-refractivity contribution in [2.45, 2.75) is 30.2 Å². The van der Waals surface area contributed by atoms with Gasteiger partial charge in [0.15, 0.2) is 0 Å². The normalized spacial score (nSPS) is 17.6. The molecule has 0 amide bonds. The summed E-state index contributed by atoms with van der Waals surface area (Å²) in [5.74, 6) is 1.07. The summed E-state index contributed by atoms with van der Waals surface area (Å²) in [7, 11) is 1.58. The number of nitrogens with one attached hydrogen (secondary N) is 1. The maximum atomic E-state index is 12.8. The van der Waals surface area contributed by atoms with Crippen LogP contribution in [0.3, 0.4) is 0 Å². The van der Waals surface area contributed by atoms with Gasteiger partial charge in [0.25, 0.3) is 0 Å². The Morgan fingerprint density at radius 2 is 2.04 bits per heavy atom. The first-order valence-corrected chi connectivity index (χ1v) is 10.8. The van der Waals surface area contributed by atoms with Crippen molar-refractivity contribution in [3.8, 4) is 22.8 Å². The van der Waals surface area contributed by atoms with E-state index in [2.05, 4.69) is 21.7 Å². The molecule has 2 aromatic rings. The molecule has 0 radical (unpaired) electrons. The molecule has 152 valence electrons. The summed E-state index contributed by atoms with van der Waals surface area (Å²) in [6.07, 6.45) is 4.73. The fourth-order valence-corrected chi connectivity index (χ4v) is 4.60. The summed E-state index contributed by atoms with van der Waals surface area (Å²) in [6, 6.07) is 8.84. The molecule has 1 atom stereocenters. The monoisotopic (exact) mass is 405 g/mol. The number of likely N-dealkylation sites (tertiary alicyclic amines) is 1. The quantitative estimate of drug-likeness (QED) is 0.727. The van der Waals surface area contributed by atoms with E-state index in [0.29, 0.717) is 29.8 Å². The molecule has 0 spiro atoms. The summed E-state index contributed by atoms with van der Waals surface area (Å²) in [5.41, 5.74) is 1.42. The fraction of sp³-hybridized carbons (Fsp3) is 0.450. The number of sulfonamides is 1. The van der Waals surface area contributed by atoms with E-state index in [1.807, 2.05) is 6.07 Å². The van der Waals surface area contributed by atoms with Crippen molar-refractivity contribution in [1.82, 2.24) is 14.6 Å². The maximum Gasteiger partial charge on any atom is 0.240 e. The Balaban J connectivity index is 1.78. The Kier molecular flexibility index (Phi) is 6.53. The van der Waals surface area contributed by atoms with Crippen molar-refractivity contribution in [2.24, 2.45) is 0 Å². The predicted molar refractivity (Wildman–Crippen MR) is 108 cm³/mol. The third-order valence-electron chi connectivity index (χ3n) is 5.18. The molecule has 0 saturated carbocycles. The average Bonchev–Trinajstić information content (AvgIpc) is 3.12. The van der Waals surface area contributed by atoms with E-state index in [1.165, 1.54) is 6.42 Å². The second-order valence-corrected chi connectivity index (χ2v) is 8.68. The highest BCUT2D eigenvalue weighted by Crippen LogP contribution is 2.32. The first kappa shape index (κ1) is 20.6. The molecule has 1 N–H and O–H groups in total. The van der Waals surface area contributed by atoms with Crippen LogP contribution in [0.4, 0.5) is 0 Å². The number of aromatic nitrogens is 1. The molecule has 1 aromatic heterocycles. The highest BCUT2D eigenvalue weighted by atomic mass is 32.2. The van der Waals surface area contributed by atoms with E-state index in [4.69, 9.17) is 9.47 Å². The van der Waals surface area contributed by atoms with E-state index in [9.17, 15) is 8.42 Å². The zero-order chi connectivity index (χ0) is 20.1. The Morgan fingerprint density at radius 3 is 2.64 bits per heavy atom. The second kappa shape index (κ2) is 8.89. The molecule has 28 heavy (non-hydrogen) atoms. The van der Waals surface area contributed by atoms with Gasteiger partial charge in [0, 0.05) is 36.0 Å². The zero-order valence-corrected chi connectivity index (χ0v) is 17.3. The number of hydrogen-bond donors (Lipinski definition) is 1. The van der Waals surface area contributed by atoms with Gasteiger partial charge in [0.2, 0.25) is 15.9 Å². The first-order chi connectivity index (χ1) is 13.4. The molecule has 1 fully saturated rings. The summed E-state index contributed by atoms with van der Waals surface area (Å²) in [5, 5.41) is 0. The van der Waals surface area contributed by atoms with Gasteiger partial charge in [-0.15, -0.1) is 0 Å². The van der Waals surface area contributed by atoms with Gasteiger partial charge in [0.05, 0.1) is 19.1 Å². The third kappa shape index (κ3) is 4.63. The Bertz CT molecular complexity index is 900. The highest BCUT2D eigenvalue weighted by molar-refractivity contribution is 7.89. The van der Waals surface area contributed by atoms with E-state index in [1.54, 1.807) is 44.7 Å². The van der Waals surface area contributed by atoms with Crippen LogP contribution in [0, 0.1) is 0 Å². The molecule has 8 heteroatoms. The molecule has 0 bridgehead atoms. The maximum absolute atomic E-state index is 12.8. The summed E-state index contributed by atoms with van der Waals surface area (Å²) < 4.78 is 38.8. The molecule has 1 aliphatic heterocycles. The lowest BCUT2D eigenvalue weighted by Gasteiger charge is -2.19. The van der Waals surface area contributed by atoms with E-state index in [0.717, 1.165) is 24.9 Å². The Labute approximate surface area is 166 Å². The molecule has 2 heterocycles. The molecule has 0 aliphatic carbocycles. The largest absolute Gasteiger partial charge is 0.496 e. The van der Waals surface area contributed by atoms with Crippen molar-refractivity contribution < 1.29 is 17.9 Å². The van der Waals surface area contributed by atoms with Gasteiger partial charge in [0.1, 0.15) is 5.75 Å². The van der Waals surface area contributed by atoms with Crippen LogP contribution in [0.1, 0.15) is 19.3 Å². The van der Waals surface area contributed by atoms with Gasteiger partial charge >= 0.3 is 0 Å². The number of hydrogen-bond acceptors (Lipinski definition) is 6. The molecular formula is C20H27N3O4S. The smallest absolute Gasteiger partial charge is 0.240 e. The van der Waals surface area contributed by atoms with Crippen molar-refractivity contribution in [3.63, 3.8) is 0 Å². The van der Waals surface area contributed by atoms with Crippen LogP contribution in [0.15, 0.2) is 41.4 Å². The minimum Gasteiger partial charge on any atom is -0.496 e. The number of methoxy groups -OCH3 is 2. The van der Waals surface area contributed by atoms with Gasteiger partial charge < -0.3 is 14.4 Å². The van der Waals surface area contributed by atoms with E-state index in [-0.39, 0.29) is 4.90 Å². The van der Waals surface area contributed by atoms with Gasteiger partial charge in [-0.3, -0.25) is 0 Å². The van der Waals surface area contributed by atoms with E-state index >= 15 is 0 Å². The summed E-state index contributed by atoms with van der Waals surface area (Å²) >= 11 is 0. The number of benzene rings is 1. The summed E-state index contributed by atoms with van der Waals surface area (Å²) in [4.78, 5) is 6.69. The molecule has 1 aromatic carbocycles. The Hall–Kier alpha value is -2.16. The van der Waals surface area contributed by atoms with Crippen molar-refractivity contribution in [1.29, 1.82) is 0 Å². The number of nitrogens with zero attached hydrogens (tertiary/aromatic N) is 2. The molecule has 1 aliphatic rings. The van der Waals surface area contributed by atoms with Gasteiger partial charge in [-0.1, -0.05) is 0 Å². The lowest BCUT2D eigenvalue weighted by molar-refractivity contribution is 0.297. The van der Waals surface area contributed by atoms with Crippen LogP contribution in [0.2, 0.25) is 0 Å².